The van der Waals surface area contributed by atoms with Gasteiger partial charge in [-0.05, 0) is 18.3 Å². The minimum Gasteiger partial charge on any atom is -0.260 e. The van der Waals surface area contributed by atoms with Gasteiger partial charge < -0.3 is 0 Å². The molecule has 0 aromatic heterocycles. The molecule has 1 unspecified atom stereocenters. The molecule has 1 atom stereocenters. The molecule has 0 radical (unpaired) electrons. The number of allylic oxidation sites excluding steroid dienone is 2. The van der Waals surface area contributed by atoms with Crippen molar-refractivity contribution < 1.29 is 4.21 Å². The maximum atomic E-state index is 11.3. The summed E-state index contributed by atoms with van der Waals surface area (Å²) < 4.78 is 11.3. The third-order valence-electron chi connectivity index (χ3n) is 1.84. The van der Waals surface area contributed by atoms with Crippen LogP contribution < -0.4 is 0 Å². The summed E-state index contributed by atoms with van der Waals surface area (Å²) in [6.07, 6.45) is 6.59. The van der Waals surface area contributed by atoms with Crippen molar-refractivity contribution >= 4 is 10.8 Å². The van der Waals surface area contributed by atoms with Crippen LogP contribution in [0.4, 0.5) is 0 Å². The second-order valence-electron chi connectivity index (χ2n) is 3.82. The lowest BCUT2D eigenvalue weighted by molar-refractivity contribution is 0.539. The average molecular weight is 172 g/mol. The van der Waals surface area contributed by atoms with E-state index in [1.165, 1.54) is 0 Å². The van der Waals surface area contributed by atoms with Crippen LogP contribution in [0.25, 0.3) is 0 Å². The van der Waals surface area contributed by atoms with Gasteiger partial charge in [-0.15, -0.1) is 0 Å². The first-order chi connectivity index (χ1) is 5.10. The van der Waals surface area contributed by atoms with Crippen LogP contribution in [-0.2, 0) is 10.8 Å². The van der Waals surface area contributed by atoms with Crippen molar-refractivity contribution in [3.63, 3.8) is 0 Å². The highest BCUT2D eigenvalue weighted by molar-refractivity contribution is 7.85. The third-order valence-corrected chi connectivity index (χ3v) is 3.65. The lowest BCUT2D eigenvalue weighted by Crippen LogP contribution is -2.20. The second kappa shape index (κ2) is 3.53. The highest BCUT2D eigenvalue weighted by Crippen LogP contribution is 2.21. The number of hydrogen-bond acceptors (Lipinski definition) is 1. The zero-order valence-corrected chi connectivity index (χ0v) is 8.12. The molecule has 64 valence electrons. The summed E-state index contributed by atoms with van der Waals surface area (Å²) in [5.41, 5.74) is 0.144. The van der Waals surface area contributed by atoms with E-state index in [1.807, 2.05) is 0 Å². The monoisotopic (exact) mass is 172 g/mol. The zero-order valence-electron chi connectivity index (χ0n) is 7.30. The molecule has 2 heteroatoms. The minimum absolute atomic E-state index is 0.144. The van der Waals surface area contributed by atoms with E-state index in [0.717, 1.165) is 24.3 Å². The van der Waals surface area contributed by atoms with Gasteiger partial charge in [0.15, 0.2) is 0 Å². The molecule has 0 aromatic rings. The van der Waals surface area contributed by atoms with Crippen LogP contribution in [0, 0.1) is 5.41 Å². The SMILES string of the molecule is CC1(C)/C=C/CCCS(=O)C1. The summed E-state index contributed by atoms with van der Waals surface area (Å²) in [6, 6.07) is 0. The Labute approximate surface area is 71.3 Å². The smallest absolute Gasteiger partial charge is 0.0320 e. The van der Waals surface area contributed by atoms with Gasteiger partial charge >= 0.3 is 0 Å². The Balaban J connectivity index is 2.65. The summed E-state index contributed by atoms with van der Waals surface area (Å²) in [7, 11) is -0.589. The van der Waals surface area contributed by atoms with Crippen LogP contribution in [0.15, 0.2) is 12.2 Å². The van der Waals surface area contributed by atoms with Gasteiger partial charge in [-0.3, -0.25) is 4.21 Å². The summed E-state index contributed by atoms with van der Waals surface area (Å²) in [5.74, 6) is 1.71. The maximum absolute atomic E-state index is 11.3. The molecule has 0 amide bonds. The molecule has 11 heavy (non-hydrogen) atoms. The minimum atomic E-state index is -0.589. The van der Waals surface area contributed by atoms with E-state index in [2.05, 4.69) is 26.0 Å². The van der Waals surface area contributed by atoms with Crippen LogP contribution in [-0.4, -0.2) is 15.7 Å². The van der Waals surface area contributed by atoms with E-state index >= 15 is 0 Å². The first-order valence-electron chi connectivity index (χ1n) is 4.13. The third kappa shape index (κ3) is 3.19. The van der Waals surface area contributed by atoms with Crippen molar-refractivity contribution in [1.29, 1.82) is 0 Å². The van der Waals surface area contributed by atoms with Gasteiger partial charge in [0, 0.05) is 22.3 Å². The van der Waals surface area contributed by atoms with Crippen LogP contribution in [0.1, 0.15) is 26.7 Å². The first-order valence-corrected chi connectivity index (χ1v) is 5.62. The van der Waals surface area contributed by atoms with Crippen LogP contribution in [0.3, 0.4) is 0 Å². The van der Waals surface area contributed by atoms with E-state index < -0.39 is 10.8 Å². The van der Waals surface area contributed by atoms with E-state index in [-0.39, 0.29) is 5.41 Å². The Morgan fingerprint density at radius 1 is 1.45 bits per heavy atom. The number of rotatable bonds is 0. The zero-order chi connectivity index (χ0) is 8.32. The largest absolute Gasteiger partial charge is 0.260 e. The molecule has 1 heterocycles. The molecule has 0 saturated carbocycles. The van der Waals surface area contributed by atoms with E-state index in [4.69, 9.17) is 0 Å². The van der Waals surface area contributed by atoms with Gasteiger partial charge in [0.05, 0.1) is 0 Å². The number of hydrogen-bond donors (Lipinski definition) is 0. The molecule has 0 N–H and O–H groups in total. The molecule has 1 nitrogen and oxygen atoms in total. The molecular weight excluding hydrogens is 156 g/mol. The molecule has 0 fully saturated rings. The Hall–Kier alpha value is -0.110. The van der Waals surface area contributed by atoms with Crippen molar-refractivity contribution in [2.24, 2.45) is 5.41 Å². The molecule has 0 aliphatic carbocycles. The molecular formula is C9H16OS. The predicted molar refractivity (Wildman–Crippen MR) is 50.0 cm³/mol. The molecule has 0 aromatic carbocycles. The lowest BCUT2D eigenvalue weighted by atomic mass is 9.95. The fraction of sp³-hybridized carbons (Fsp3) is 0.778. The summed E-state index contributed by atoms with van der Waals surface area (Å²) in [5, 5.41) is 0. The van der Waals surface area contributed by atoms with Crippen LogP contribution in [0.2, 0.25) is 0 Å². The summed E-state index contributed by atoms with van der Waals surface area (Å²) >= 11 is 0. The average Bonchev–Trinajstić information content (AvgIpc) is 1.82. The van der Waals surface area contributed by atoms with Gasteiger partial charge in [-0.25, -0.2) is 0 Å². The highest BCUT2D eigenvalue weighted by atomic mass is 32.2. The fourth-order valence-corrected chi connectivity index (χ4v) is 2.86. The standard InChI is InChI=1S/C9H16OS/c1-9(2)6-4-3-5-7-11(10)8-9/h4,6H,3,5,7-8H2,1-2H3/b6-4+. The normalized spacial score (nSPS) is 33.8. The quantitative estimate of drug-likeness (QED) is 0.511. The molecule has 1 aliphatic rings. The van der Waals surface area contributed by atoms with Gasteiger partial charge in [0.1, 0.15) is 0 Å². The van der Waals surface area contributed by atoms with Crippen molar-refractivity contribution in [3.8, 4) is 0 Å². The van der Waals surface area contributed by atoms with Crippen molar-refractivity contribution in [2.75, 3.05) is 11.5 Å². The lowest BCUT2D eigenvalue weighted by Gasteiger charge is -2.21. The van der Waals surface area contributed by atoms with Crippen LogP contribution in [0.5, 0.6) is 0 Å². The second-order valence-corrected chi connectivity index (χ2v) is 5.40. The molecule has 0 spiro atoms. The van der Waals surface area contributed by atoms with Gasteiger partial charge in [-0.1, -0.05) is 26.0 Å². The molecule has 1 aliphatic heterocycles. The predicted octanol–water partition coefficient (Wildman–Crippen LogP) is 2.11. The highest BCUT2D eigenvalue weighted by Gasteiger charge is 2.18. The molecule has 1 rings (SSSR count). The van der Waals surface area contributed by atoms with Crippen molar-refractivity contribution in [1.82, 2.24) is 0 Å². The van der Waals surface area contributed by atoms with Crippen molar-refractivity contribution in [3.05, 3.63) is 12.2 Å². The van der Waals surface area contributed by atoms with Crippen LogP contribution >= 0.6 is 0 Å². The summed E-state index contributed by atoms with van der Waals surface area (Å²) in [6.45, 7) is 4.29. The van der Waals surface area contributed by atoms with Gasteiger partial charge in [0.2, 0.25) is 0 Å². The van der Waals surface area contributed by atoms with E-state index in [1.54, 1.807) is 0 Å². The Morgan fingerprint density at radius 2 is 2.18 bits per heavy atom. The van der Waals surface area contributed by atoms with Gasteiger partial charge in [0.25, 0.3) is 0 Å². The maximum Gasteiger partial charge on any atom is 0.0320 e. The summed E-state index contributed by atoms with van der Waals surface area (Å²) in [4.78, 5) is 0. The van der Waals surface area contributed by atoms with Gasteiger partial charge in [-0.2, -0.15) is 0 Å². The van der Waals surface area contributed by atoms with E-state index in [9.17, 15) is 4.21 Å². The van der Waals surface area contributed by atoms with E-state index in [0.29, 0.717) is 0 Å². The topological polar surface area (TPSA) is 17.1 Å². The Morgan fingerprint density at radius 3 is 2.91 bits per heavy atom. The van der Waals surface area contributed by atoms with Crippen molar-refractivity contribution in [2.45, 2.75) is 26.7 Å². The first kappa shape index (κ1) is 8.98. The molecule has 0 bridgehead atoms. The molecule has 0 saturated heterocycles. The Bertz CT molecular complexity index is 182. The fourth-order valence-electron chi connectivity index (χ4n) is 1.30. The Kier molecular flexibility index (Phi) is 2.88.